The topological polar surface area (TPSA) is 65.5 Å². The molecule has 4 nitrogen and oxygen atoms in total. The molecule has 0 saturated heterocycles. The summed E-state index contributed by atoms with van der Waals surface area (Å²) < 4.78 is 2.26. The van der Waals surface area contributed by atoms with Crippen molar-refractivity contribution in [2.75, 3.05) is 0 Å². The Hall–Kier alpha value is -0.720. The standard InChI is InChI=1S/C10H13IN4/c11-10(13)9(12)3-8-4-14-15(6-8)5-7-1-2-7/h4,6-7,12-13H,1-3,5H2. The molecular formula is C10H13IN4. The van der Waals surface area contributed by atoms with Gasteiger partial charge < -0.3 is 5.41 Å². The van der Waals surface area contributed by atoms with E-state index in [1.165, 1.54) is 12.8 Å². The van der Waals surface area contributed by atoms with Gasteiger partial charge in [-0.05, 0) is 46.9 Å². The van der Waals surface area contributed by atoms with Crippen molar-refractivity contribution in [2.45, 2.75) is 25.8 Å². The third-order valence-electron chi connectivity index (χ3n) is 2.47. The SMILES string of the molecule is N=C(I)C(=N)Cc1cnn(CC2CC2)c1. The number of nitrogens with zero attached hydrogens (tertiary/aromatic N) is 2. The molecule has 2 rings (SSSR count). The van der Waals surface area contributed by atoms with Gasteiger partial charge >= 0.3 is 0 Å². The molecule has 15 heavy (non-hydrogen) atoms. The summed E-state index contributed by atoms with van der Waals surface area (Å²) in [6, 6.07) is 0. The van der Waals surface area contributed by atoms with Gasteiger partial charge in [-0.2, -0.15) is 5.10 Å². The summed E-state index contributed by atoms with van der Waals surface area (Å²) in [5.41, 5.74) is 1.39. The lowest BCUT2D eigenvalue weighted by Gasteiger charge is -1.98. The van der Waals surface area contributed by atoms with Crippen LogP contribution in [0.1, 0.15) is 18.4 Å². The van der Waals surface area contributed by atoms with Gasteiger partial charge in [-0.3, -0.25) is 10.1 Å². The molecule has 0 radical (unpaired) electrons. The Morgan fingerprint density at radius 1 is 1.53 bits per heavy atom. The van der Waals surface area contributed by atoms with Crippen LogP contribution in [0, 0.1) is 16.7 Å². The van der Waals surface area contributed by atoms with Gasteiger partial charge in [-0.15, -0.1) is 0 Å². The van der Waals surface area contributed by atoms with Crippen LogP contribution in [0.4, 0.5) is 0 Å². The summed E-state index contributed by atoms with van der Waals surface area (Å²) in [4.78, 5) is 0. The maximum absolute atomic E-state index is 7.57. The molecule has 1 saturated carbocycles. The maximum atomic E-state index is 7.57. The van der Waals surface area contributed by atoms with E-state index in [0.717, 1.165) is 18.0 Å². The zero-order valence-corrected chi connectivity index (χ0v) is 10.5. The summed E-state index contributed by atoms with van der Waals surface area (Å²) in [6.45, 7) is 1.01. The van der Waals surface area contributed by atoms with Gasteiger partial charge in [0, 0.05) is 19.2 Å². The van der Waals surface area contributed by atoms with E-state index in [0.29, 0.717) is 15.9 Å². The predicted octanol–water partition coefficient (Wildman–Crippen LogP) is 2.27. The van der Waals surface area contributed by atoms with Gasteiger partial charge in [0.05, 0.1) is 11.9 Å². The molecule has 0 amide bonds. The Labute approximate surface area is 102 Å². The summed E-state index contributed by atoms with van der Waals surface area (Å²) in [7, 11) is 0. The number of rotatable bonds is 5. The molecule has 80 valence electrons. The normalized spacial score (nSPS) is 15.3. The molecule has 1 aromatic rings. The van der Waals surface area contributed by atoms with E-state index in [4.69, 9.17) is 10.8 Å². The largest absolute Gasteiger partial charge is 0.302 e. The zero-order valence-electron chi connectivity index (χ0n) is 8.33. The minimum absolute atomic E-state index is 0.308. The van der Waals surface area contributed by atoms with Gasteiger partial charge in [0.1, 0.15) is 3.72 Å². The lowest BCUT2D eigenvalue weighted by Crippen LogP contribution is -2.07. The number of nitrogens with one attached hydrogen (secondary N) is 2. The molecule has 0 aliphatic heterocycles. The highest BCUT2D eigenvalue weighted by atomic mass is 127. The van der Waals surface area contributed by atoms with Crippen LogP contribution < -0.4 is 0 Å². The molecule has 5 heteroatoms. The van der Waals surface area contributed by atoms with E-state index in [2.05, 4.69) is 5.10 Å². The lowest BCUT2D eigenvalue weighted by molar-refractivity contribution is 0.563. The van der Waals surface area contributed by atoms with Crippen molar-refractivity contribution in [1.29, 1.82) is 10.8 Å². The van der Waals surface area contributed by atoms with E-state index in [1.54, 1.807) is 6.20 Å². The molecule has 2 N–H and O–H groups in total. The van der Waals surface area contributed by atoms with Crippen LogP contribution in [0.25, 0.3) is 0 Å². The van der Waals surface area contributed by atoms with Crippen molar-refractivity contribution in [3.63, 3.8) is 0 Å². The van der Waals surface area contributed by atoms with Gasteiger partial charge in [0.2, 0.25) is 0 Å². The summed E-state index contributed by atoms with van der Waals surface area (Å²) >= 11 is 1.86. The molecule has 1 heterocycles. The van der Waals surface area contributed by atoms with Crippen molar-refractivity contribution in [3.05, 3.63) is 18.0 Å². The Bertz CT molecular complexity index is 392. The molecule has 1 fully saturated rings. The van der Waals surface area contributed by atoms with Crippen LogP contribution in [0.2, 0.25) is 0 Å². The molecule has 1 aliphatic carbocycles. The second kappa shape index (κ2) is 4.42. The third kappa shape index (κ3) is 3.12. The molecule has 0 aromatic carbocycles. The summed E-state index contributed by atoms with van der Waals surface area (Å²) in [6.07, 6.45) is 6.96. The quantitative estimate of drug-likeness (QED) is 0.635. The minimum atomic E-state index is 0.308. The third-order valence-corrected chi connectivity index (χ3v) is 3.13. The minimum Gasteiger partial charge on any atom is -0.302 e. The highest BCUT2D eigenvalue weighted by Gasteiger charge is 2.21. The van der Waals surface area contributed by atoms with Crippen LogP contribution in [0.15, 0.2) is 12.4 Å². The van der Waals surface area contributed by atoms with Crippen LogP contribution in [-0.2, 0) is 13.0 Å². The fourth-order valence-electron chi connectivity index (χ4n) is 1.44. The number of halogens is 1. The first-order valence-corrected chi connectivity index (χ1v) is 6.06. The van der Waals surface area contributed by atoms with E-state index in [9.17, 15) is 0 Å². The van der Waals surface area contributed by atoms with Crippen molar-refractivity contribution in [2.24, 2.45) is 5.92 Å². The van der Waals surface area contributed by atoms with Gasteiger partial charge in [-0.25, -0.2) is 0 Å². The maximum Gasteiger partial charge on any atom is 0.113 e. The van der Waals surface area contributed by atoms with E-state index in [1.807, 2.05) is 33.5 Å². The number of hydrogen-bond acceptors (Lipinski definition) is 3. The van der Waals surface area contributed by atoms with Crippen LogP contribution in [0.3, 0.4) is 0 Å². The van der Waals surface area contributed by atoms with Gasteiger partial charge in [0.15, 0.2) is 0 Å². The molecular weight excluding hydrogens is 303 g/mol. The van der Waals surface area contributed by atoms with Crippen molar-refractivity contribution < 1.29 is 0 Å². The van der Waals surface area contributed by atoms with Crippen molar-refractivity contribution >= 4 is 32.0 Å². The van der Waals surface area contributed by atoms with Gasteiger partial charge in [0.25, 0.3) is 0 Å². The second-order valence-corrected chi connectivity index (χ2v) is 5.06. The molecule has 0 bridgehead atoms. The summed E-state index contributed by atoms with van der Waals surface area (Å²) in [5.74, 6) is 0.820. The Balaban J connectivity index is 1.93. The predicted molar refractivity (Wildman–Crippen MR) is 68.1 cm³/mol. The average Bonchev–Trinajstić information content (AvgIpc) is 2.87. The highest BCUT2D eigenvalue weighted by molar-refractivity contribution is 14.1. The summed E-state index contributed by atoms with van der Waals surface area (Å²) in [5, 5.41) is 19.1. The Kier molecular flexibility index (Phi) is 3.18. The van der Waals surface area contributed by atoms with Crippen molar-refractivity contribution in [3.8, 4) is 0 Å². The molecule has 1 aliphatic rings. The van der Waals surface area contributed by atoms with Crippen LogP contribution in [0.5, 0.6) is 0 Å². The monoisotopic (exact) mass is 316 g/mol. The van der Waals surface area contributed by atoms with Crippen LogP contribution >= 0.6 is 22.6 Å². The fraction of sp³-hybridized carbons (Fsp3) is 0.500. The first kappa shape index (κ1) is 10.8. The highest BCUT2D eigenvalue weighted by Crippen LogP contribution is 2.30. The van der Waals surface area contributed by atoms with E-state index < -0.39 is 0 Å². The van der Waals surface area contributed by atoms with Crippen LogP contribution in [-0.4, -0.2) is 19.2 Å². The Morgan fingerprint density at radius 2 is 2.27 bits per heavy atom. The molecule has 0 unspecified atom stereocenters. The van der Waals surface area contributed by atoms with E-state index >= 15 is 0 Å². The average molecular weight is 316 g/mol. The second-order valence-electron chi connectivity index (χ2n) is 3.98. The Morgan fingerprint density at radius 3 is 2.87 bits per heavy atom. The number of aromatic nitrogens is 2. The first-order valence-electron chi connectivity index (χ1n) is 4.98. The lowest BCUT2D eigenvalue weighted by atomic mass is 10.2. The molecule has 0 atom stereocenters. The smallest absolute Gasteiger partial charge is 0.113 e. The van der Waals surface area contributed by atoms with Gasteiger partial charge in [-0.1, -0.05) is 0 Å². The van der Waals surface area contributed by atoms with E-state index in [-0.39, 0.29) is 0 Å². The van der Waals surface area contributed by atoms with Crippen molar-refractivity contribution in [1.82, 2.24) is 9.78 Å². The first-order chi connectivity index (χ1) is 7.15. The molecule has 1 aromatic heterocycles. The zero-order chi connectivity index (χ0) is 10.8. The molecule has 0 spiro atoms. The number of hydrogen-bond donors (Lipinski definition) is 2. The fourth-order valence-corrected chi connectivity index (χ4v) is 1.63.